The maximum atomic E-state index is 12.5. The zero-order valence-corrected chi connectivity index (χ0v) is 18.8. The molecule has 2 amide bonds. The van der Waals surface area contributed by atoms with Crippen molar-refractivity contribution in [3.05, 3.63) is 59.7 Å². The lowest BCUT2D eigenvalue weighted by Gasteiger charge is -2.19. The van der Waals surface area contributed by atoms with E-state index in [1.807, 2.05) is 31.2 Å². The molecule has 0 spiro atoms. The maximum absolute atomic E-state index is 12.5. The smallest absolute Gasteiger partial charge is 0.407 e. The molecule has 7 nitrogen and oxygen atoms in total. The largest absolute Gasteiger partial charge is 0.481 e. The predicted molar refractivity (Wildman–Crippen MR) is 124 cm³/mol. The highest BCUT2D eigenvalue weighted by Gasteiger charge is 2.50. The summed E-state index contributed by atoms with van der Waals surface area (Å²) in [6, 6.07) is 16.2. The first-order chi connectivity index (χ1) is 15.9. The number of hydrogen-bond acceptors (Lipinski definition) is 4. The number of carboxylic acids is 1. The van der Waals surface area contributed by atoms with Crippen LogP contribution >= 0.6 is 0 Å². The molecule has 4 rings (SSSR count). The molecule has 0 saturated heterocycles. The second kappa shape index (κ2) is 9.65. The molecule has 174 valence electrons. The molecule has 1 atom stereocenters. The van der Waals surface area contributed by atoms with Gasteiger partial charge in [0.2, 0.25) is 5.91 Å². The van der Waals surface area contributed by atoms with E-state index in [-0.39, 0.29) is 37.4 Å². The molecule has 2 aromatic rings. The standard InChI is InChI=1S/C26H30N2O5/c1-2-17(11-12-23(29)27-16-26(13-14-26)24(30)31)28-25(32)33-15-22-20-9-5-3-7-18(20)19-8-4-6-10-21(19)22/h3-10,17,22H,2,11-16H2,1H3,(H,27,29)(H,28,32)(H,30,31). The summed E-state index contributed by atoms with van der Waals surface area (Å²) >= 11 is 0. The topological polar surface area (TPSA) is 105 Å². The number of ether oxygens (including phenoxy) is 1. The van der Waals surface area contributed by atoms with Gasteiger partial charge in [0, 0.05) is 24.9 Å². The van der Waals surface area contributed by atoms with Crippen LogP contribution in [0.1, 0.15) is 56.1 Å². The normalized spacial score (nSPS) is 16.3. The average molecular weight is 451 g/mol. The Bertz CT molecular complexity index is 1000. The maximum Gasteiger partial charge on any atom is 0.407 e. The van der Waals surface area contributed by atoms with Gasteiger partial charge in [0.25, 0.3) is 0 Å². The van der Waals surface area contributed by atoms with Crippen LogP contribution in [0.25, 0.3) is 11.1 Å². The van der Waals surface area contributed by atoms with Gasteiger partial charge in [-0.1, -0.05) is 55.5 Å². The van der Waals surface area contributed by atoms with Gasteiger partial charge in [0.05, 0.1) is 5.41 Å². The van der Waals surface area contributed by atoms with Crippen molar-refractivity contribution in [3.63, 3.8) is 0 Å². The van der Waals surface area contributed by atoms with Gasteiger partial charge in [-0.15, -0.1) is 0 Å². The van der Waals surface area contributed by atoms with Crippen molar-refractivity contribution in [3.8, 4) is 11.1 Å². The fourth-order valence-corrected chi connectivity index (χ4v) is 4.46. The van der Waals surface area contributed by atoms with Crippen LogP contribution in [0.5, 0.6) is 0 Å². The van der Waals surface area contributed by atoms with Crippen LogP contribution in [0.4, 0.5) is 4.79 Å². The third-order valence-electron chi connectivity index (χ3n) is 6.81. The Kier molecular flexibility index (Phi) is 6.67. The minimum absolute atomic E-state index is 0.00187. The van der Waals surface area contributed by atoms with Crippen molar-refractivity contribution < 1.29 is 24.2 Å². The molecule has 0 aromatic heterocycles. The quantitative estimate of drug-likeness (QED) is 0.506. The lowest BCUT2D eigenvalue weighted by molar-refractivity contribution is -0.143. The van der Waals surface area contributed by atoms with E-state index >= 15 is 0 Å². The average Bonchev–Trinajstić information content (AvgIpc) is 3.56. The number of alkyl carbamates (subject to hydrolysis) is 1. The fourth-order valence-electron chi connectivity index (χ4n) is 4.46. The molecule has 0 bridgehead atoms. The summed E-state index contributed by atoms with van der Waals surface area (Å²) < 4.78 is 5.59. The van der Waals surface area contributed by atoms with Gasteiger partial charge in [-0.25, -0.2) is 4.79 Å². The zero-order chi connectivity index (χ0) is 23.4. The van der Waals surface area contributed by atoms with E-state index in [1.165, 1.54) is 11.1 Å². The van der Waals surface area contributed by atoms with Gasteiger partial charge >= 0.3 is 12.1 Å². The van der Waals surface area contributed by atoms with Crippen molar-refractivity contribution >= 4 is 18.0 Å². The summed E-state index contributed by atoms with van der Waals surface area (Å²) in [4.78, 5) is 35.8. The highest BCUT2D eigenvalue weighted by atomic mass is 16.5. The molecule has 1 unspecified atom stereocenters. The van der Waals surface area contributed by atoms with Crippen molar-refractivity contribution in [1.82, 2.24) is 10.6 Å². The number of hydrogen-bond donors (Lipinski definition) is 3. The van der Waals surface area contributed by atoms with Crippen LogP contribution in [0.2, 0.25) is 0 Å². The number of benzene rings is 2. The number of carbonyl (C=O) groups is 3. The van der Waals surface area contributed by atoms with E-state index in [4.69, 9.17) is 4.74 Å². The number of nitrogens with one attached hydrogen (secondary N) is 2. The molecule has 2 aliphatic carbocycles. The molecule has 2 aliphatic rings. The third-order valence-corrected chi connectivity index (χ3v) is 6.81. The van der Waals surface area contributed by atoms with Gasteiger partial charge in [-0.05, 0) is 47.9 Å². The van der Waals surface area contributed by atoms with Gasteiger partial charge in [0.1, 0.15) is 6.61 Å². The Morgan fingerprint density at radius 2 is 1.67 bits per heavy atom. The van der Waals surface area contributed by atoms with Crippen molar-refractivity contribution in [1.29, 1.82) is 0 Å². The van der Waals surface area contributed by atoms with Gasteiger partial charge in [-0.3, -0.25) is 9.59 Å². The summed E-state index contributed by atoms with van der Waals surface area (Å²) in [5.74, 6) is -1.06. The van der Waals surface area contributed by atoms with Crippen molar-refractivity contribution in [2.24, 2.45) is 5.41 Å². The monoisotopic (exact) mass is 450 g/mol. The zero-order valence-electron chi connectivity index (χ0n) is 18.8. The van der Waals surface area contributed by atoms with Crippen LogP contribution in [0.15, 0.2) is 48.5 Å². The second-order valence-corrected chi connectivity index (χ2v) is 8.98. The summed E-state index contributed by atoms with van der Waals surface area (Å²) in [6.45, 7) is 2.35. The number of aliphatic carboxylic acids is 1. The van der Waals surface area contributed by atoms with Crippen LogP contribution in [-0.2, 0) is 14.3 Å². The van der Waals surface area contributed by atoms with Gasteiger partial charge in [-0.2, -0.15) is 0 Å². The minimum atomic E-state index is -0.855. The van der Waals surface area contributed by atoms with E-state index in [0.29, 0.717) is 25.7 Å². The summed E-state index contributed by atoms with van der Waals surface area (Å²) in [5.41, 5.74) is 3.89. The SMILES string of the molecule is CCC(CCC(=O)NCC1(C(=O)O)CC1)NC(=O)OCC1c2ccccc2-c2ccccc21. The number of carbonyl (C=O) groups excluding carboxylic acids is 2. The lowest BCUT2D eigenvalue weighted by Crippen LogP contribution is -2.38. The van der Waals surface area contributed by atoms with Gasteiger partial charge < -0.3 is 20.5 Å². The molecule has 0 heterocycles. The van der Waals surface area contributed by atoms with Crippen LogP contribution < -0.4 is 10.6 Å². The van der Waals surface area contributed by atoms with Crippen LogP contribution in [0.3, 0.4) is 0 Å². The first-order valence-electron chi connectivity index (χ1n) is 11.5. The number of carboxylic acid groups (broad SMARTS) is 1. The molecule has 0 radical (unpaired) electrons. The Morgan fingerprint density at radius 1 is 1.06 bits per heavy atom. The van der Waals surface area contributed by atoms with E-state index in [9.17, 15) is 19.5 Å². The van der Waals surface area contributed by atoms with E-state index in [2.05, 4.69) is 34.9 Å². The molecule has 1 saturated carbocycles. The molecule has 33 heavy (non-hydrogen) atoms. The molecule has 1 fully saturated rings. The van der Waals surface area contributed by atoms with Crippen LogP contribution in [0, 0.1) is 5.41 Å². The fraction of sp³-hybridized carbons (Fsp3) is 0.423. The Labute approximate surface area is 193 Å². The lowest BCUT2D eigenvalue weighted by atomic mass is 9.98. The van der Waals surface area contributed by atoms with Crippen molar-refractivity contribution in [2.75, 3.05) is 13.2 Å². The Balaban J connectivity index is 1.25. The Morgan fingerprint density at radius 3 is 2.21 bits per heavy atom. The second-order valence-electron chi connectivity index (χ2n) is 8.98. The highest BCUT2D eigenvalue weighted by molar-refractivity contribution is 5.81. The highest BCUT2D eigenvalue weighted by Crippen LogP contribution is 2.45. The summed E-state index contributed by atoms with van der Waals surface area (Å²) in [6.07, 6.45) is 2.06. The predicted octanol–water partition coefficient (Wildman–Crippen LogP) is 4.06. The number of rotatable bonds is 10. The molecular weight excluding hydrogens is 420 g/mol. The molecule has 0 aliphatic heterocycles. The third kappa shape index (κ3) is 5.02. The minimum Gasteiger partial charge on any atom is -0.481 e. The number of fused-ring (bicyclic) bond motifs is 3. The molecule has 7 heteroatoms. The molecule has 3 N–H and O–H groups in total. The first kappa shape index (κ1) is 22.8. The van der Waals surface area contributed by atoms with Crippen molar-refractivity contribution in [2.45, 2.75) is 51.0 Å². The summed E-state index contributed by atoms with van der Waals surface area (Å²) in [7, 11) is 0. The van der Waals surface area contributed by atoms with E-state index in [1.54, 1.807) is 0 Å². The van der Waals surface area contributed by atoms with Crippen LogP contribution in [-0.4, -0.2) is 42.3 Å². The molecule has 2 aromatic carbocycles. The first-order valence-corrected chi connectivity index (χ1v) is 11.5. The molecular formula is C26H30N2O5. The number of amides is 2. The van der Waals surface area contributed by atoms with E-state index < -0.39 is 17.5 Å². The summed E-state index contributed by atoms with van der Waals surface area (Å²) in [5, 5.41) is 14.8. The van der Waals surface area contributed by atoms with E-state index in [0.717, 1.165) is 11.1 Å². The van der Waals surface area contributed by atoms with Gasteiger partial charge in [0.15, 0.2) is 0 Å². The Hall–Kier alpha value is -3.35.